The molecule has 0 saturated carbocycles. The summed E-state index contributed by atoms with van der Waals surface area (Å²) in [7, 11) is 1.56. The van der Waals surface area contributed by atoms with E-state index in [0.29, 0.717) is 16.5 Å². The molecule has 0 atom stereocenters. The van der Waals surface area contributed by atoms with Crippen molar-refractivity contribution in [1.29, 1.82) is 0 Å². The van der Waals surface area contributed by atoms with Crippen LogP contribution in [0.1, 0.15) is 31.2 Å². The first-order valence-electron chi connectivity index (χ1n) is 13.0. The first-order chi connectivity index (χ1) is 18.4. The number of urea groups is 1. The number of methoxy groups -OCH3 is 1. The highest BCUT2D eigenvalue weighted by atomic mass is 35.5. The predicted octanol–water partition coefficient (Wildman–Crippen LogP) is 2.58. The van der Waals surface area contributed by atoms with Gasteiger partial charge in [0.05, 0.1) is 7.11 Å². The Morgan fingerprint density at radius 2 is 1.66 bits per heavy atom. The van der Waals surface area contributed by atoms with Gasteiger partial charge < -0.3 is 31.5 Å². The van der Waals surface area contributed by atoms with E-state index >= 15 is 0 Å². The van der Waals surface area contributed by atoms with Gasteiger partial charge in [-0.25, -0.2) is 4.79 Å². The third-order valence-corrected chi connectivity index (χ3v) is 5.94. The number of benzene rings is 2. The zero-order valence-electron chi connectivity index (χ0n) is 22.1. The molecule has 0 aromatic heterocycles. The van der Waals surface area contributed by atoms with E-state index in [4.69, 9.17) is 22.1 Å². The molecule has 3 rings (SSSR count). The van der Waals surface area contributed by atoms with Gasteiger partial charge in [0.2, 0.25) is 5.91 Å². The Morgan fingerprint density at radius 3 is 2.29 bits per heavy atom. The van der Waals surface area contributed by atoms with Crippen molar-refractivity contribution in [2.45, 2.75) is 32.2 Å². The van der Waals surface area contributed by atoms with E-state index in [1.165, 1.54) is 17.7 Å². The highest BCUT2D eigenvalue weighted by molar-refractivity contribution is 6.31. The van der Waals surface area contributed by atoms with Crippen LogP contribution in [-0.2, 0) is 11.3 Å². The summed E-state index contributed by atoms with van der Waals surface area (Å²) in [6, 6.07) is 11.8. The quantitative estimate of drug-likeness (QED) is 0.139. The van der Waals surface area contributed by atoms with E-state index in [1.807, 2.05) is 12.1 Å². The molecular weight excluding hydrogens is 508 g/mol. The largest absolute Gasteiger partial charge is 0.504 e. The molecule has 3 amide bonds. The molecule has 1 aliphatic heterocycles. The monoisotopic (exact) mass is 548 g/mol. The molecule has 11 heteroatoms. The van der Waals surface area contributed by atoms with Crippen LogP contribution in [0.4, 0.5) is 10.5 Å². The van der Waals surface area contributed by atoms with Gasteiger partial charge in [-0.05, 0) is 101 Å². The van der Waals surface area contributed by atoms with E-state index in [-0.39, 0.29) is 18.2 Å². The number of hydrogen-bond acceptors (Lipinski definition) is 8. The van der Waals surface area contributed by atoms with Crippen molar-refractivity contribution in [1.82, 2.24) is 21.3 Å². The highest BCUT2D eigenvalue weighted by Crippen LogP contribution is 2.26. The van der Waals surface area contributed by atoms with Gasteiger partial charge in [-0.3, -0.25) is 15.0 Å². The average molecular weight is 549 g/mol. The van der Waals surface area contributed by atoms with Crippen molar-refractivity contribution >= 4 is 29.2 Å². The maximum Gasteiger partial charge on any atom is 0.329 e. The van der Waals surface area contributed by atoms with Gasteiger partial charge in [-0.2, -0.15) is 0 Å². The number of carbonyl (C=O) groups is 2. The van der Waals surface area contributed by atoms with Crippen LogP contribution in [0.5, 0.6) is 11.5 Å². The summed E-state index contributed by atoms with van der Waals surface area (Å²) in [5, 5.41) is 22.5. The molecule has 2 aromatic carbocycles. The molecule has 2 aromatic rings. The van der Waals surface area contributed by atoms with E-state index in [1.54, 1.807) is 37.4 Å². The van der Waals surface area contributed by atoms with Crippen LogP contribution < -0.4 is 36.6 Å². The Morgan fingerprint density at radius 1 is 0.974 bits per heavy atom. The summed E-state index contributed by atoms with van der Waals surface area (Å²) in [5.74, 6) is 0.406. The van der Waals surface area contributed by atoms with Crippen LogP contribution in [0.3, 0.4) is 0 Å². The normalized spacial score (nSPS) is 12.8. The number of amides is 3. The van der Waals surface area contributed by atoms with E-state index in [9.17, 15) is 14.7 Å². The molecule has 10 nitrogen and oxygen atoms in total. The van der Waals surface area contributed by atoms with Gasteiger partial charge >= 0.3 is 6.03 Å². The highest BCUT2D eigenvalue weighted by Gasteiger charge is 2.27. The lowest BCUT2D eigenvalue weighted by Gasteiger charge is -2.12. The SMILES string of the molecule is COc1cc(CNCCCNCCCCNCCCN)ccc1O.O=C1CN(c2cccc(Cl)c2)C(=O)N1. The van der Waals surface area contributed by atoms with Crippen LogP contribution in [0, 0.1) is 0 Å². The van der Waals surface area contributed by atoms with Crippen molar-refractivity contribution in [3.8, 4) is 11.5 Å². The number of halogens is 1. The zero-order chi connectivity index (χ0) is 27.6. The van der Waals surface area contributed by atoms with Crippen molar-refractivity contribution in [2.75, 3.05) is 57.8 Å². The number of ether oxygens (including phenoxy) is 1. The maximum absolute atomic E-state index is 11.2. The third kappa shape index (κ3) is 12.1. The van der Waals surface area contributed by atoms with Crippen LogP contribution >= 0.6 is 11.6 Å². The number of nitrogens with one attached hydrogen (secondary N) is 4. The molecule has 0 radical (unpaired) electrons. The molecule has 210 valence electrons. The Bertz CT molecular complexity index is 994. The van der Waals surface area contributed by atoms with Gasteiger partial charge in [0.1, 0.15) is 6.54 Å². The number of anilines is 1. The van der Waals surface area contributed by atoms with E-state index in [2.05, 4.69) is 21.3 Å². The Kier molecular flexibility index (Phi) is 15.1. The number of carbonyl (C=O) groups excluding carboxylic acids is 2. The predicted molar refractivity (Wildman–Crippen MR) is 152 cm³/mol. The number of hydrogen-bond donors (Lipinski definition) is 6. The standard InChI is InChI=1S/C18H34N4O2.C9H7ClN2O2/c1-24-18-14-16(6-7-17(18)23)15-22-13-5-12-21-10-3-2-9-20-11-4-8-19;10-6-2-1-3-7(4-6)12-5-8(13)11-9(12)14/h6-7,14,20-23H,2-5,8-13,15,19H2,1H3;1-4H,5H2,(H,11,13,14). The number of nitrogens with two attached hydrogens (primary N) is 1. The summed E-state index contributed by atoms with van der Waals surface area (Å²) >= 11 is 5.76. The second kappa shape index (κ2) is 18.4. The Hall–Kier alpha value is -2.89. The molecule has 0 aliphatic carbocycles. The minimum Gasteiger partial charge on any atom is -0.504 e. The number of nitrogens with zero attached hydrogens (tertiary/aromatic N) is 1. The van der Waals surface area contributed by atoms with Crippen molar-refractivity contribution in [3.05, 3.63) is 53.1 Å². The van der Waals surface area contributed by atoms with E-state index in [0.717, 1.165) is 64.2 Å². The lowest BCUT2D eigenvalue weighted by molar-refractivity contribution is -0.117. The van der Waals surface area contributed by atoms with Crippen LogP contribution in [0.15, 0.2) is 42.5 Å². The van der Waals surface area contributed by atoms with Crippen molar-refractivity contribution in [2.24, 2.45) is 5.73 Å². The molecule has 0 spiro atoms. The summed E-state index contributed by atoms with van der Waals surface area (Å²) < 4.78 is 5.11. The molecular formula is C27H41ClN6O4. The van der Waals surface area contributed by atoms with Crippen molar-refractivity contribution < 1.29 is 19.4 Å². The molecule has 1 heterocycles. The van der Waals surface area contributed by atoms with Gasteiger partial charge in [0, 0.05) is 17.3 Å². The molecule has 0 unspecified atom stereocenters. The van der Waals surface area contributed by atoms with Crippen molar-refractivity contribution in [3.63, 3.8) is 0 Å². The average Bonchev–Trinajstić information content (AvgIpc) is 3.25. The molecule has 1 aliphatic rings. The second-order valence-electron chi connectivity index (χ2n) is 8.81. The summed E-state index contributed by atoms with van der Waals surface area (Å²) in [6.45, 7) is 6.80. The van der Waals surface area contributed by atoms with Gasteiger partial charge in [-0.1, -0.05) is 23.7 Å². The minimum absolute atomic E-state index is 0.0547. The zero-order valence-corrected chi connectivity index (χ0v) is 22.9. The maximum atomic E-state index is 11.2. The summed E-state index contributed by atoms with van der Waals surface area (Å²) in [4.78, 5) is 23.5. The van der Waals surface area contributed by atoms with Gasteiger partial charge in [-0.15, -0.1) is 0 Å². The minimum atomic E-state index is -0.405. The van der Waals surface area contributed by atoms with Gasteiger partial charge in [0.15, 0.2) is 11.5 Å². The fourth-order valence-corrected chi connectivity index (χ4v) is 3.86. The van der Waals surface area contributed by atoms with E-state index < -0.39 is 6.03 Å². The molecule has 1 saturated heterocycles. The number of imide groups is 1. The first kappa shape index (κ1) is 31.3. The summed E-state index contributed by atoms with van der Waals surface area (Å²) in [6.07, 6.45) is 4.57. The third-order valence-electron chi connectivity index (χ3n) is 5.71. The Balaban J connectivity index is 0.000000304. The number of phenolic OH excluding ortho intramolecular Hbond substituents is 1. The number of aromatic hydroxyl groups is 1. The van der Waals surface area contributed by atoms with Crippen LogP contribution in [0.25, 0.3) is 0 Å². The number of unbranched alkanes of at least 4 members (excludes halogenated alkanes) is 1. The molecule has 1 fully saturated rings. The summed E-state index contributed by atoms with van der Waals surface area (Å²) in [5.41, 5.74) is 7.18. The topological polar surface area (TPSA) is 141 Å². The number of rotatable bonds is 16. The fraction of sp³-hybridized carbons (Fsp3) is 0.481. The first-order valence-corrected chi connectivity index (χ1v) is 13.4. The molecule has 7 N–H and O–H groups in total. The second-order valence-corrected chi connectivity index (χ2v) is 9.24. The smallest absolute Gasteiger partial charge is 0.329 e. The van der Waals surface area contributed by atoms with Gasteiger partial charge in [0.25, 0.3) is 0 Å². The number of phenols is 1. The lowest BCUT2D eigenvalue weighted by atomic mass is 10.2. The van der Waals surface area contributed by atoms with Crippen LogP contribution in [-0.4, -0.2) is 70.0 Å². The lowest BCUT2D eigenvalue weighted by Crippen LogP contribution is -2.27. The Labute approximate surface area is 230 Å². The molecule has 38 heavy (non-hydrogen) atoms. The van der Waals surface area contributed by atoms with Crippen LogP contribution in [0.2, 0.25) is 5.02 Å². The fourth-order valence-electron chi connectivity index (χ4n) is 3.67. The molecule has 0 bridgehead atoms.